The number of fused-ring (bicyclic) bond motifs is 2. The van der Waals surface area contributed by atoms with Crippen molar-refractivity contribution >= 4 is 22.6 Å². The predicted octanol–water partition coefficient (Wildman–Crippen LogP) is 2.37. The number of benzene rings is 2. The van der Waals surface area contributed by atoms with Gasteiger partial charge in [0.05, 0.1) is 23.3 Å². The van der Waals surface area contributed by atoms with Crippen molar-refractivity contribution in [3.8, 4) is 5.75 Å². The number of rotatable bonds is 2. The molecule has 0 spiro atoms. The number of amides is 1. The quantitative estimate of drug-likeness (QED) is 0.758. The molecule has 0 unspecified atom stereocenters. The number of carbonyl (C=O) groups excluding carboxylic acids is 1. The Labute approximate surface area is 139 Å². The van der Waals surface area contributed by atoms with Gasteiger partial charge in [0, 0.05) is 6.54 Å². The number of aromatic amines is 1. The number of hydrogen-bond donors (Lipinski definition) is 2. The molecule has 4 rings (SSSR count). The van der Waals surface area contributed by atoms with Crippen LogP contribution in [0.3, 0.4) is 0 Å². The number of nitrogens with zero attached hydrogens (tertiary/aromatic N) is 2. The summed E-state index contributed by atoms with van der Waals surface area (Å²) in [4.78, 5) is 22.5. The van der Waals surface area contributed by atoms with Gasteiger partial charge >= 0.3 is 0 Å². The Morgan fingerprint density at radius 2 is 2.25 bits per heavy atom. The molecule has 0 saturated carbocycles. The molecule has 1 aliphatic rings. The minimum Gasteiger partial charge on any atom is -0.490 e. The third-order valence-corrected chi connectivity index (χ3v) is 4.23. The van der Waals surface area contributed by atoms with Gasteiger partial charge in [0.15, 0.2) is 0 Å². The van der Waals surface area contributed by atoms with Gasteiger partial charge in [0.25, 0.3) is 5.91 Å². The number of aromatic nitrogens is 2. The fraction of sp³-hybridized carbons (Fsp3) is 0.222. The first kappa shape index (κ1) is 14.7. The van der Waals surface area contributed by atoms with E-state index in [4.69, 9.17) is 10.5 Å². The predicted molar refractivity (Wildman–Crippen MR) is 92.3 cm³/mol. The lowest BCUT2D eigenvalue weighted by Crippen LogP contribution is -2.38. The highest BCUT2D eigenvalue weighted by molar-refractivity contribution is 6.13. The average Bonchev–Trinajstić information content (AvgIpc) is 3.00. The van der Waals surface area contributed by atoms with Crippen molar-refractivity contribution in [3.63, 3.8) is 0 Å². The van der Waals surface area contributed by atoms with Crippen LogP contribution in [-0.4, -0.2) is 29.0 Å². The van der Waals surface area contributed by atoms with Crippen LogP contribution in [-0.2, 0) is 6.54 Å². The molecule has 6 heteroatoms. The SMILES string of the molecule is Cc1nc2c(C(=O)N3CCOc4cc(CN)ccc43)cccc2[nH]1. The van der Waals surface area contributed by atoms with E-state index in [2.05, 4.69) is 9.97 Å². The second kappa shape index (κ2) is 5.65. The van der Waals surface area contributed by atoms with Gasteiger partial charge in [-0.05, 0) is 36.8 Å². The third kappa shape index (κ3) is 2.32. The van der Waals surface area contributed by atoms with Crippen molar-refractivity contribution in [2.75, 3.05) is 18.1 Å². The van der Waals surface area contributed by atoms with Gasteiger partial charge in [-0.1, -0.05) is 12.1 Å². The molecular formula is C18H18N4O2. The zero-order valence-electron chi connectivity index (χ0n) is 13.4. The van der Waals surface area contributed by atoms with E-state index in [1.807, 2.05) is 43.3 Å². The van der Waals surface area contributed by atoms with E-state index in [1.54, 1.807) is 4.90 Å². The summed E-state index contributed by atoms with van der Waals surface area (Å²) in [5.74, 6) is 1.42. The van der Waals surface area contributed by atoms with Crippen molar-refractivity contribution in [3.05, 3.63) is 53.3 Å². The number of anilines is 1. The van der Waals surface area contributed by atoms with Crippen LogP contribution in [0.4, 0.5) is 5.69 Å². The number of ether oxygens (including phenoxy) is 1. The molecule has 24 heavy (non-hydrogen) atoms. The van der Waals surface area contributed by atoms with E-state index >= 15 is 0 Å². The maximum Gasteiger partial charge on any atom is 0.260 e. The summed E-state index contributed by atoms with van der Waals surface area (Å²) in [6, 6.07) is 11.3. The van der Waals surface area contributed by atoms with Gasteiger partial charge in [-0.25, -0.2) is 4.98 Å². The highest BCUT2D eigenvalue weighted by Gasteiger charge is 2.26. The highest BCUT2D eigenvalue weighted by Crippen LogP contribution is 2.34. The molecule has 0 radical (unpaired) electrons. The van der Waals surface area contributed by atoms with Crippen molar-refractivity contribution in [2.45, 2.75) is 13.5 Å². The summed E-state index contributed by atoms with van der Waals surface area (Å²) >= 11 is 0. The number of imidazole rings is 1. The summed E-state index contributed by atoms with van der Waals surface area (Å²) in [7, 11) is 0. The Morgan fingerprint density at radius 3 is 3.08 bits per heavy atom. The van der Waals surface area contributed by atoms with E-state index < -0.39 is 0 Å². The van der Waals surface area contributed by atoms with Crippen LogP contribution in [0.25, 0.3) is 11.0 Å². The van der Waals surface area contributed by atoms with E-state index in [1.165, 1.54) is 0 Å². The molecule has 2 heterocycles. The summed E-state index contributed by atoms with van der Waals surface area (Å²) in [6.07, 6.45) is 0. The number of para-hydroxylation sites is 1. The number of aryl methyl sites for hydroxylation is 1. The van der Waals surface area contributed by atoms with Crippen LogP contribution in [0.15, 0.2) is 36.4 Å². The van der Waals surface area contributed by atoms with Gasteiger partial charge in [0.1, 0.15) is 23.7 Å². The minimum atomic E-state index is -0.0721. The Kier molecular flexibility index (Phi) is 3.46. The van der Waals surface area contributed by atoms with Gasteiger partial charge in [-0.15, -0.1) is 0 Å². The number of nitrogens with one attached hydrogen (secondary N) is 1. The molecule has 3 aromatic rings. The Morgan fingerprint density at radius 1 is 1.38 bits per heavy atom. The molecule has 2 aromatic carbocycles. The lowest BCUT2D eigenvalue weighted by atomic mass is 10.1. The van der Waals surface area contributed by atoms with Crippen molar-refractivity contribution < 1.29 is 9.53 Å². The second-order valence-electron chi connectivity index (χ2n) is 5.84. The van der Waals surface area contributed by atoms with Crippen LogP contribution in [0.1, 0.15) is 21.7 Å². The van der Waals surface area contributed by atoms with E-state index in [0.29, 0.717) is 36.5 Å². The molecule has 0 aliphatic carbocycles. The van der Waals surface area contributed by atoms with Crippen molar-refractivity contribution in [1.82, 2.24) is 9.97 Å². The monoisotopic (exact) mass is 322 g/mol. The molecular weight excluding hydrogens is 304 g/mol. The maximum atomic E-state index is 13.1. The molecule has 6 nitrogen and oxygen atoms in total. The summed E-state index contributed by atoms with van der Waals surface area (Å²) in [6.45, 7) is 3.29. The number of hydrogen-bond acceptors (Lipinski definition) is 4. The van der Waals surface area contributed by atoms with Crippen LogP contribution < -0.4 is 15.4 Å². The smallest absolute Gasteiger partial charge is 0.260 e. The van der Waals surface area contributed by atoms with Crippen LogP contribution in [0.2, 0.25) is 0 Å². The van der Waals surface area contributed by atoms with Gasteiger partial charge in [-0.3, -0.25) is 4.79 Å². The molecule has 3 N–H and O–H groups in total. The average molecular weight is 322 g/mol. The van der Waals surface area contributed by atoms with Crippen LogP contribution >= 0.6 is 0 Å². The standard InChI is InChI=1S/C18H18N4O2/c1-11-20-14-4-2-3-13(17(14)21-11)18(23)22-7-8-24-16-9-12(10-19)5-6-15(16)22/h2-6,9H,7-8,10,19H2,1H3,(H,20,21). The lowest BCUT2D eigenvalue weighted by molar-refractivity contribution is 0.0978. The first-order chi connectivity index (χ1) is 11.7. The summed E-state index contributed by atoms with van der Waals surface area (Å²) < 4.78 is 5.70. The molecule has 0 fully saturated rings. The van der Waals surface area contributed by atoms with E-state index in [-0.39, 0.29) is 5.91 Å². The molecule has 1 aromatic heterocycles. The first-order valence-electron chi connectivity index (χ1n) is 7.90. The molecule has 122 valence electrons. The fourth-order valence-electron chi connectivity index (χ4n) is 3.08. The molecule has 0 atom stereocenters. The topological polar surface area (TPSA) is 84.2 Å². The van der Waals surface area contributed by atoms with Crippen molar-refractivity contribution in [1.29, 1.82) is 0 Å². The number of nitrogens with two attached hydrogens (primary N) is 1. The normalized spacial score (nSPS) is 13.7. The van der Waals surface area contributed by atoms with Crippen molar-refractivity contribution in [2.24, 2.45) is 5.73 Å². The Bertz CT molecular complexity index is 932. The molecule has 1 amide bonds. The van der Waals surface area contributed by atoms with Crippen LogP contribution in [0.5, 0.6) is 5.75 Å². The van der Waals surface area contributed by atoms with Gasteiger partial charge in [-0.2, -0.15) is 0 Å². The summed E-state index contributed by atoms with van der Waals surface area (Å²) in [5, 5.41) is 0. The second-order valence-corrected chi connectivity index (χ2v) is 5.84. The fourth-order valence-corrected chi connectivity index (χ4v) is 3.08. The minimum absolute atomic E-state index is 0.0721. The highest BCUT2D eigenvalue weighted by atomic mass is 16.5. The number of carbonyl (C=O) groups is 1. The molecule has 0 bridgehead atoms. The molecule has 0 saturated heterocycles. The van der Waals surface area contributed by atoms with E-state index in [9.17, 15) is 4.79 Å². The van der Waals surface area contributed by atoms with E-state index in [0.717, 1.165) is 22.6 Å². The van der Waals surface area contributed by atoms with Crippen LogP contribution in [0, 0.1) is 6.92 Å². The third-order valence-electron chi connectivity index (χ3n) is 4.23. The lowest BCUT2D eigenvalue weighted by Gasteiger charge is -2.30. The molecule has 1 aliphatic heterocycles. The first-order valence-corrected chi connectivity index (χ1v) is 7.90. The Balaban J connectivity index is 1.78. The Hall–Kier alpha value is -2.86. The largest absolute Gasteiger partial charge is 0.490 e. The number of H-pyrrole nitrogens is 1. The van der Waals surface area contributed by atoms with Gasteiger partial charge < -0.3 is 20.4 Å². The zero-order chi connectivity index (χ0) is 16.7. The zero-order valence-corrected chi connectivity index (χ0v) is 13.4. The maximum absolute atomic E-state index is 13.1. The summed E-state index contributed by atoms with van der Waals surface area (Å²) in [5.41, 5.74) is 9.59. The van der Waals surface area contributed by atoms with Gasteiger partial charge in [0.2, 0.25) is 0 Å².